The summed E-state index contributed by atoms with van der Waals surface area (Å²) in [6, 6.07) is 23.7. The molecule has 3 aromatic rings. The van der Waals surface area contributed by atoms with Crippen molar-refractivity contribution in [3.05, 3.63) is 99.5 Å². The second-order valence-electron chi connectivity index (χ2n) is 12.0. The predicted molar refractivity (Wildman–Crippen MR) is 173 cm³/mol. The van der Waals surface area contributed by atoms with Gasteiger partial charge in [-0.25, -0.2) is 0 Å². The molecule has 0 saturated carbocycles. The summed E-state index contributed by atoms with van der Waals surface area (Å²) >= 11 is 12.8. The maximum atomic E-state index is 13.6. The Kier molecular flexibility index (Phi) is 9.92. The number of piperidine rings is 1. The second kappa shape index (κ2) is 13.5. The Morgan fingerprint density at radius 2 is 1.53 bits per heavy atom. The van der Waals surface area contributed by atoms with Gasteiger partial charge < -0.3 is 19.4 Å². The molecule has 3 aromatic carbocycles. The zero-order valence-electron chi connectivity index (χ0n) is 24.4. The average Bonchev–Trinajstić information content (AvgIpc) is 3.56. The van der Waals surface area contributed by atoms with Gasteiger partial charge in [0.2, 0.25) is 5.91 Å². The monoisotopic (exact) mass is 641 g/mol. The highest BCUT2D eigenvalue weighted by molar-refractivity contribution is 6.39. The van der Waals surface area contributed by atoms with Crippen molar-refractivity contribution in [3.63, 3.8) is 0 Å². The molecule has 3 aliphatic heterocycles. The fourth-order valence-electron chi connectivity index (χ4n) is 7.11. The van der Waals surface area contributed by atoms with Crippen LogP contribution in [0.15, 0.2) is 72.8 Å². The Morgan fingerprint density at radius 1 is 0.884 bits per heavy atom. The Labute approximate surface area is 270 Å². The third-order valence-electron chi connectivity index (χ3n) is 9.57. The summed E-state index contributed by atoms with van der Waals surface area (Å²) in [5, 5.41) is 0.770. The van der Waals surface area contributed by atoms with Crippen molar-refractivity contribution in [2.45, 2.75) is 31.7 Å². The fraction of sp³-hybridized carbons (Fsp3) is 0.412. The number of carbonyl (C=O) groups excluding carboxylic acids is 2. The summed E-state index contributed by atoms with van der Waals surface area (Å²) in [6.07, 6.45) is 2.68. The molecule has 228 valence electrons. The van der Waals surface area contributed by atoms with Gasteiger partial charge in [-0.2, -0.15) is 0 Å². The number of likely N-dealkylation sites (tertiary alicyclic amines) is 3. The van der Waals surface area contributed by atoms with Crippen molar-refractivity contribution in [2.75, 3.05) is 46.4 Å². The van der Waals surface area contributed by atoms with E-state index in [0.717, 1.165) is 56.8 Å². The summed E-state index contributed by atoms with van der Waals surface area (Å²) in [4.78, 5) is 33.7. The first-order chi connectivity index (χ1) is 20.4. The first kappa shape index (κ1) is 31.6. The number of ether oxygens (including phenoxy) is 1. The molecular formula is C34H38Cl3N3O3. The molecule has 6 nitrogen and oxygen atoms in total. The lowest BCUT2D eigenvalue weighted by Crippen LogP contribution is -2.46. The van der Waals surface area contributed by atoms with Crippen LogP contribution in [-0.4, -0.2) is 72.9 Å². The van der Waals surface area contributed by atoms with Crippen molar-refractivity contribution >= 4 is 47.4 Å². The molecule has 0 aliphatic carbocycles. The number of amides is 2. The van der Waals surface area contributed by atoms with Crippen LogP contribution in [0.3, 0.4) is 0 Å². The number of nitrogens with zero attached hydrogens (tertiary/aromatic N) is 3. The minimum Gasteiger partial charge on any atom is -0.497 e. The first-order valence-corrected chi connectivity index (χ1v) is 15.6. The molecule has 0 bridgehead atoms. The zero-order valence-corrected chi connectivity index (χ0v) is 26.7. The number of hydrogen-bond acceptors (Lipinski definition) is 4. The summed E-state index contributed by atoms with van der Waals surface area (Å²) in [6.45, 7) is 5.41. The van der Waals surface area contributed by atoms with Crippen molar-refractivity contribution in [1.29, 1.82) is 0 Å². The second-order valence-corrected chi connectivity index (χ2v) is 12.8. The van der Waals surface area contributed by atoms with Gasteiger partial charge in [0.15, 0.2) is 0 Å². The van der Waals surface area contributed by atoms with E-state index in [2.05, 4.69) is 29.2 Å². The van der Waals surface area contributed by atoms with E-state index in [0.29, 0.717) is 41.2 Å². The van der Waals surface area contributed by atoms with Crippen LogP contribution in [-0.2, 0) is 11.3 Å². The largest absolute Gasteiger partial charge is 0.497 e. The fourth-order valence-corrected chi connectivity index (χ4v) is 7.67. The minimum atomic E-state index is -0.250. The van der Waals surface area contributed by atoms with E-state index in [1.165, 1.54) is 5.56 Å². The Hall–Kier alpha value is -2.77. The molecule has 2 atom stereocenters. The Morgan fingerprint density at radius 3 is 2.19 bits per heavy atom. The zero-order chi connectivity index (χ0) is 29.3. The number of halogens is 3. The van der Waals surface area contributed by atoms with E-state index in [-0.39, 0.29) is 35.6 Å². The Bertz CT molecular complexity index is 1410. The normalized spacial score (nSPS) is 21.7. The number of rotatable bonds is 7. The molecule has 6 rings (SSSR count). The molecule has 3 fully saturated rings. The average molecular weight is 643 g/mol. The van der Waals surface area contributed by atoms with Crippen LogP contribution in [0.5, 0.6) is 5.75 Å². The minimum absolute atomic E-state index is 0. The lowest BCUT2D eigenvalue weighted by Gasteiger charge is -2.39. The summed E-state index contributed by atoms with van der Waals surface area (Å²) in [5.74, 6) is 1.51. The summed E-state index contributed by atoms with van der Waals surface area (Å²) < 4.78 is 5.27. The van der Waals surface area contributed by atoms with E-state index in [4.69, 9.17) is 27.9 Å². The van der Waals surface area contributed by atoms with Crippen molar-refractivity contribution < 1.29 is 14.3 Å². The van der Waals surface area contributed by atoms with Crippen molar-refractivity contribution in [1.82, 2.24) is 14.7 Å². The van der Waals surface area contributed by atoms with Crippen LogP contribution < -0.4 is 4.74 Å². The van der Waals surface area contributed by atoms with Crippen LogP contribution in [0.1, 0.15) is 46.7 Å². The molecule has 3 heterocycles. The highest BCUT2D eigenvalue weighted by atomic mass is 35.5. The molecule has 1 spiro atoms. The molecule has 0 unspecified atom stereocenters. The molecule has 2 amide bonds. The van der Waals surface area contributed by atoms with Crippen LogP contribution in [0, 0.1) is 11.3 Å². The highest BCUT2D eigenvalue weighted by Crippen LogP contribution is 2.43. The van der Waals surface area contributed by atoms with Gasteiger partial charge in [0.05, 0.1) is 28.1 Å². The van der Waals surface area contributed by atoms with Gasteiger partial charge >= 0.3 is 0 Å². The van der Waals surface area contributed by atoms with Crippen LogP contribution >= 0.6 is 35.6 Å². The lowest BCUT2D eigenvalue weighted by atomic mass is 9.76. The maximum Gasteiger partial charge on any atom is 0.256 e. The van der Waals surface area contributed by atoms with E-state index in [9.17, 15) is 9.59 Å². The molecule has 0 N–H and O–H groups in total. The SMILES string of the molecule is COc1ccc(CN2CCC3(CCN(C[C@H]4CN(C(=O)c5c(Cl)cccc5Cl)C[C@@H]4c4ccccc4)CC3)C2=O)cc1.Cl. The third kappa shape index (κ3) is 6.53. The number of hydrogen-bond donors (Lipinski definition) is 0. The molecule has 0 aromatic heterocycles. The van der Waals surface area contributed by atoms with Gasteiger partial charge in [-0.05, 0) is 73.7 Å². The molecular weight excluding hydrogens is 605 g/mol. The summed E-state index contributed by atoms with van der Waals surface area (Å²) in [5.41, 5.74) is 2.51. The molecule has 0 radical (unpaired) electrons. The number of benzene rings is 3. The van der Waals surface area contributed by atoms with Gasteiger partial charge in [-0.15, -0.1) is 12.4 Å². The number of carbonyl (C=O) groups is 2. The molecule has 9 heteroatoms. The van der Waals surface area contributed by atoms with Crippen molar-refractivity contribution in [3.8, 4) is 5.75 Å². The van der Waals surface area contributed by atoms with Gasteiger partial charge in [0.1, 0.15) is 5.75 Å². The smallest absolute Gasteiger partial charge is 0.256 e. The van der Waals surface area contributed by atoms with E-state index < -0.39 is 0 Å². The van der Waals surface area contributed by atoms with E-state index in [1.807, 2.05) is 40.1 Å². The van der Waals surface area contributed by atoms with Crippen LogP contribution in [0.4, 0.5) is 0 Å². The molecule has 3 saturated heterocycles. The molecule has 43 heavy (non-hydrogen) atoms. The predicted octanol–water partition coefficient (Wildman–Crippen LogP) is 6.79. The topological polar surface area (TPSA) is 53.1 Å². The number of methoxy groups -OCH3 is 1. The Balaban J connectivity index is 0.00000368. The van der Waals surface area contributed by atoms with Crippen LogP contribution in [0.25, 0.3) is 0 Å². The van der Waals surface area contributed by atoms with Gasteiger partial charge in [0, 0.05) is 38.6 Å². The molecule has 3 aliphatic rings. The highest BCUT2D eigenvalue weighted by Gasteiger charge is 2.48. The first-order valence-electron chi connectivity index (χ1n) is 14.8. The van der Waals surface area contributed by atoms with Gasteiger partial charge in [0.25, 0.3) is 5.91 Å². The maximum absolute atomic E-state index is 13.6. The van der Waals surface area contributed by atoms with E-state index in [1.54, 1.807) is 25.3 Å². The summed E-state index contributed by atoms with van der Waals surface area (Å²) in [7, 11) is 1.66. The van der Waals surface area contributed by atoms with E-state index >= 15 is 0 Å². The standard InChI is InChI=1S/C34H37Cl2N3O3.ClH/c1-42-27-12-10-24(11-13-27)20-38-19-16-34(33(38)41)14-17-37(18-15-34)21-26-22-39(23-28(26)25-6-3-2-4-7-25)32(40)31-29(35)8-5-9-30(31)36;/h2-13,26,28H,14-23H2,1H3;1H/t26-,28+;/m0./s1. The van der Waals surface area contributed by atoms with Crippen molar-refractivity contribution in [2.24, 2.45) is 11.3 Å². The van der Waals surface area contributed by atoms with Gasteiger partial charge in [-0.1, -0.05) is 71.7 Å². The third-order valence-corrected chi connectivity index (χ3v) is 10.2. The quantitative estimate of drug-likeness (QED) is 0.285. The lowest BCUT2D eigenvalue weighted by molar-refractivity contribution is -0.139. The van der Waals surface area contributed by atoms with Crippen LogP contribution in [0.2, 0.25) is 10.0 Å². The van der Waals surface area contributed by atoms with Gasteiger partial charge in [-0.3, -0.25) is 9.59 Å².